The zero-order chi connectivity index (χ0) is 11.5. The number of rotatable bonds is 3. The molecule has 0 aliphatic carbocycles. The fraction of sp³-hybridized carbons (Fsp3) is 0.182. The second kappa shape index (κ2) is 4.32. The van der Waals surface area contributed by atoms with Crippen molar-refractivity contribution in [3.05, 3.63) is 35.8 Å². The number of aromatic nitrogens is 2. The molecule has 0 aliphatic rings. The molecule has 0 bridgehead atoms. The molecule has 0 saturated heterocycles. The van der Waals surface area contributed by atoms with Crippen molar-refractivity contribution in [2.24, 2.45) is 5.73 Å². The zero-order valence-corrected chi connectivity index (χ0v) is 8.83. The lowest BCUT2D eigenvalue weighted by Crippen LogP contribution is -1.95. The highest BCUT2D eigenvalue weighted by atomic mass is 19.1. The molecule has 3 N–H and O–H groups in total. The van der Waals surface area contributed by atoms with Crippen LogP contribution < -0.4 is 10.5 Å². The number of benzene rings is 1. The molecule has 2 aromatic rings. The molecule has 16 heavy (non-hydrogen) atoms. The third-order valence-electron chi connectivity index (χ3n) is 2.30. The van der Waals surface area contributed by atoms with Crippen molar-refractivity contribution in [3.63, 3.8) is 0 Å². The minimum absolute atomic E-state index is 0.221. The third kappa shape index (κ3) is 1.90. The second-order valence-corrected chi connectivity index (χ2v) is 3.33. The van der Waals surface area contributed by atoms with Crippen LogP contribution >= 0.6 is 0 Å². The van der Waals surface area contributed by atoms with Crippen LogP contribution in [-0.4, -0.2) is 17.3 Å². The van der Waals surface area contributed by atoms with Gasteiger partial charge >= 0.3 is 0 Å². The van der Waals surface area contributed by atoms with Crippen molar-refractivity contribution in [2.45, 2.75) is 6.54 Å². The van der Waals surface area contributed by atoms with Crippen molar-refractivity contribution >= 4 is 0 Å². The van der Waals surface area contributed by atoms with E-state index in [4.69, 9.17) is 10.5 Å². The Balaban J connectivity index is 2.37. The maximum absolute atomic E-state index is 13.4. The van der Waals surface area contributed by atoms with Crippen LogP contribution in [-0.2, 0) is 6.54 Å². The van der Waals surface area contributed by atoms with E-state index in [2.05, 4.69) is 10.2 Å². The van der Waals surface area contributed by atoms with Crippen LogP contribution in [0.25, 0.3) is 11.3 Å². The first-order valence-corrected chi connectivity index (χ1v) is 4.83. The summed E-state index contributed by atoms with van der Waals surface area (Å²) in [7, 11) is 1.43. The van der Waals surface area contributed by atoms with E-state index in [1.807, 2.05) is 0 Å². The maximum atomic E-state index is 13.4. The van der Waals surface area contributed by atoms with E-state index < -0.39 is 5.82 Å². The Hall–Kier alpha value is -1.88. The van der Waals surface area contributed by atoms with Gasteiger partial charge < -0.3 is 10.5 Å². The lowest BCUT2D eigenvalue weighted by Gasteiger charge is -2.02. The number of H-pyrrole nitrogens is 1. The van der Waals surface area contributed by atoms with Gasteiger partial charge in [0.2, 0.25) is 0 Å². The molecule has 0 saturated carbocycles. The first kappa shape index (κ1) is 10.6. The average Bonchev–Trinajstić information content (AvgIpc) is 2.77. The van der Waals surface area contributed by atoms with Gasteiger partial charge in [-0.25, -0.2) is 4.39 Å². The minimum atomic E-state index is -0.405. The van der Waals surface area contributed by atoms with Gasteiger partial charge in [0, 0.05) is 17.8 Å². The molecule has 84 valence electrons. The lowest BCUT2D eigenvalue weighted by atomic mass is 10.1. The molecule has 4 nitrogen and oxygen atoms in total. The summed E-state index contributed by atoms with van der Waals surface area (Å²) in [6, 6.07) is 6.50. The Bertz CT molecular complexity index is 496. The Kier molecular flexibility index (Phi) is 2.87. The van der Waals surface area contributed by atoms with E-state index >= 15 is 0 Å². The van der Waals surface area contributed by atoms with E-state index in [1.165, 1.54) is 13.2 Å². The molecule has 0 amide bonds. The van der Waals surface area contributed by atoms with Gasteiger partial charge in [-0.2, -0.15) is 5.10 Å². The average molecular weight is 221 g/mol. The predicted octanol–water partition coefficient (Wildman–Crippen LogP) is 1.68. The van der Waals surface area contributed by atoms with E-state index in [-0.39, 0.29) is 5.75 Å². The summed E-state index contributed by atoms with van der Waals surface area (Å²) in [4.78, 5) is 0. The molecule has 2 rings (SSSR count). The topological polar surface area (TPSA) is 63.9 Å². The molecule has 0 spiro atoms. The van der Waals surface area contributed by atoms with Crippen molar-refractivity contribution in [3.8, 4) is 17.0 Å². The van der Waals surface area contributed by atoms with Crippen LogP contribution in [0.1, 0.15) is 5.69 Å². The summed E-state index contributed by atoms with van der Waals surface area (Å²) in [5.74, 6) is -0.185. The molecule has 0 unspecified atom stereocenters. The monoisotopic (exact) mass is 221 g/mol. The van der Waals surface area contributed by atoms with E-state index in [9.17, 15) is 4.39 Å². The molecular formula is C11H12FN3O. The summed E-state index contributed by atoms with van der Waals surface area (Å²) >= 11 is 0. The largest absolute Gasteiger partial charge is 0.494 e. The van der Waals surface area contributed by atoms with Gasteiger partial charge in [0.15, 0.2) is 11.6 Å². The number of hydrogen-bond donors (Lipinski definition) is 2. The highest BCUT2D eigenvalue weighted by molar-refractivity contribution is 5.60. The fourth-order valence-electron chi connectivity index (χ4n) is 1.44. The van der Waals surface area contributed by atoms with Crippen LogP contribution in [0.15, 0.2) is 24.3 Å². The van der Waals surface area contributed by atoms with Gasteiger partial charge in [-0.05, 0) is 24.3 Å². The van der Waals surface area contributed by atoms with E-state index in [0.717, 1.165) is 5.69 Å². The molecular weight excluding hydrogens is 209 g/mol. The van der Waals surface area contributed by atoms with Crippen LogP contribution in [0.5, 0.6) is 5.75 Å². The fourth-order valence-corrected chi connectivity index (χ4v) is 1.44. The number of aromatic amines is 1. The number of ether oxygens (including phenoxy) is 1. The molecule has 5 heteroatoms. The summed E-state index contributed by atoms with van der Waals surface area (Å²) in [6.45, 7) is 0.381. The lowest BCUT2D eigenvalue weighted by molar-refractivity contribution is 0.386. The van der Waals surface area contributed by atoms with Crippen LogP contribution in [0.2, 0.25) is 0 Å². The first-order chi connectivity index (χ1) is 7.74. The van der Waals surface area contributed by atoms with Crippen molar-refractivity contribution in [2.75, 3.05) is 7.11 Å². The number of nitrogens with two attached hydrogens (primary N) is 1. The van der Waals surface area contributed by atoms with Gasteiger partial charge in [-0.15, -0.1) is 0 Å². The quantitative estimate of drug-likeness (QED) is 0.828. The molecule has 0 aliphatic heterocycles. The molecule has 1 heterocycles. The van der Waals surface area contributed by atoms with Gasteiger partial charge in [0.25, 0.3) is 0 Å². The second-order valence-electron chi connectivity index (χ2n) is 3.33. The molecule has 0 atom stereocenters. The van der Waals surface area contributed by atoms with Gasteiger partial charge in [-0.3, -0.25) is 5.10 Å². The SMILES string of the molecule is COc1ccc(-c2cc(CN)[nH]n2)cc1F. The molecule has 1 aromatic heterocycles. The minimum Gasteiger partial charge on any atom is -0.494 e. The number of hydrogen-bond acceptors (Lipinski definition) is 3. The summed E-state index contributed by atoms with van der Waals surface area (Å²) < 4.78 is 18.3. The van der Waals surface area contributed by atoms with Crippen LogP contribution in [0.4, 0.5) is 4.39 Å². The number of halogens is 1. The zero-order valence-electron chi connectivity index (χ0n) is 8.83. The Labute approximate surface area is 92.2 Å². The summed E-state index contributed by atoms with van der Waals surface area (Å²) in [6.07, 6.45) is 0. The smallest absolute Gasteiger partial charge is 0.165 e. The molecule has 1 aromatic carbocycles. The van der Waals surface area contributed by atoms with Crippen molar-refractivity contribution in [1.29, 1.82) is 0 Å². The summed E-state index contributed by atoms with van der Waals surface area (Å²) in [5.41, 5.74) is 7.62. The van der Waals surface area contributed by atoms with Crippen molar-refractivity contribution in [1.82, 2.24) is 10.2 Å². The maximum Gasteiger partial charge on any atom is 0.165 e. The highest BCUT2D eigenvalue weighted by Gasteiger charge is 2.07. The first-order valence-electron chi connectivity index (χ1n) is 4.83. The number of methoxy groups -OCH3 is 1. The Morgan fingerprint density at radius 1 is 1.44 bits per heavy atom. The van der Waals surface area contributed by atoms with Gasteiger partial charge in [-0.1, -0.05) is 0 Å². The number of nitrogens with one attached hydrogen (secondary N) is 1. The Morgan fingerprint density at radius 2 is 2.25 bits per heavy atom. The normalized spacial score (nSPS) is 10.4. The van der Waals surface area contributed by atoms with Crippen LogP contribution in [0, 0.1) is 5.82 Å². The highest BCUT2D eigenvalue weighted by Crippen LogP contribution is 2.24. The standard InChI is InChI=1S/C11H12FN3O/c1-16-11-3-2-7(4-9(11)12)10-5-8(6-13)14-15-10/h2-5H,6,13H2,1H3,(H,14,15). The molecule has 0 fully saturated rings. The Morgan fingerprint density at radius 3 is 2.81 bits per heavy atom. The van der Waals surface area contributed by atoms with Crippen molar-refractivity contribution < 1.29 is 9.13 Å². The van der Waals surface area contributed by atoms with Crippen LogP contribution in [0.3, 0.4) is 0 Å². The number of nitrogens with zero attached hydrogens (tertiary/aromatic N) is 1. The van der Waals surface area contributed by atoms with Gasteiger partial charge in [0.1, 0.15) is 0 Å². The predicted molar refractivity (Wildman–Crippen MR) is 58.4 cm³/mol. The van der Waals surface area contributed by atoms with E-state index in [1.54, 1.807) is 18.2 Å². The van der Waals surface area contributed by atoms with Gasteiger partial charge in [0.05, 0.1) is 12.8 Å². The third-order valence-corrected chi connectivity index (χ3v) is 2.30. The summed E-state index contributed by atoms with van der Waals surface area (Å²) in [5, 5.41) is 6.81. The van der Waals surface area contributed by atoms with E-state index in [0.29, 0.717) is 17.8 Å². The molecule has 0 radical (unpaired) electrons.